The quantitative estimate of drug-likeness (QED) is 0.493. The number of carboxylic acids is 1. The van der Waals surface area contributed by atoms with Crippen LogP contribution in [0.2, 0.25) is 0 Å². The van der Waals surface area contributed by atoms with E-state index in [2.05, 4.69) is 4.98 Å². The molecule has 104 valence electrons. The molecule has 1 amide bonds. The Kier molecular flexibility index (Phi) is 3.19. The fourth-order valence-electron chi connectivity index (χ4n) is 2.36. The van der Waals surface area contributed by atoms with Gasteiger partial charge in [0.15, 0.2) is 18.9 Å². The second-order valence-electron chi connectivity index (χ2n) is 4.59. The average Bonchev–Trinajstić information content (AvgIpc) is 2.46. The lowest BCUT2D eigenvalue weighted by molar-refractivity contribution is -0.689. The first kappa shape index (κ1) is 13.1. The zero-order valence-corrected chi connectivity index (χ0v) is 11.2. The molecule has 20 heavy (non-hydrogen) atoms. The summed E-state index contributed by atoms with van der Waals surface area (Å²) in [7, 11) is 0. The van der Waals surface area contributed by atoms with Crippen LogP contribution in [0, 0.1) is 0 Å². The van der Waals surface area contributed by atoms with Crippen LogP contribution in [-0.2, 0) is 16.1 Å². The summed E-state index contributed by atoms with van der Waals surface area (Å²) in [6.07, 6.45) is 6.70. The van der Waals surface area contributed by atoms with Gasteiger partial charge in [0.2, 0.25) is 5.91 Å². The summed E-state index contributed by atoms with van der Waals surface area (Å²) in [4.78, 5) is 28.3. The molecule has 0 saturated carbocycles. The molecule has 2 aliphatic heterocycles. The van der Waals surface area contributed by atoms with Crippen LogP contribution in [0.3, 0.4) is 0 Å². The molecule has 1 saturated heterocycles. The molecule has 2 aliphatic rings. The minimum atomic E-state index is -1.33. The Bertz CT molecular complexity index is 604. The predicted molar refractivity (Wildman–Crippen MR) is 67.5 cm³/mol. The van der Waals surface area contributed by atoms with Crippen LogP contribution >= 0.6 is 11.8 Å². The Morgan fingerprint density at radius 3 is 2.90 bits per heavy atom. The van der Waals surface area contributed by atoms with Gasteiger partial charge >= 0.3 is 0 Å². The molecule has 0 aliphatic carbocycles. The van der Waals surface area contributed by atoms with Gasteiger partial charge in [0.25, 0.3) is 0 Å². The molecule has 0 radical (unpaired) electrons. The maximum atomic E-state index is 11.8. The Morgan fingerprint density at radius 1 is 1.55 bits per heavy atom. The average molecular weight is 292 g/mol. The largest absolute Gasteiger partial charge is 0.543 e. The Balaban J connectivity index is 1.94. The van der Waals surface area contributed by atoms with Crippen molar-refractivity contribution in [1.29, 1.82) is 0 Å². The first-order valence-electron chi connectivity index (χ1n) is 6.02. The summed E-state index contributed by atoms with van der Waals surface area (Å²) < 4.78 is 1.80. The van der Waals surface area contributed by atoms with Gasteiger partial charge in [0.05, 0.1) is 24.1 Å². The topological polar surface area (TPSA) is 103 Å². The predicted octanol–water partition coefficient (Wildman–Crippen LogP) is -2.38. The summed E-state index contributed by atoms with van der Waals surface area (Å²) in [6, 6.07) is -0.621. The number of nitrogens with zero attached hydrogens (tertiary/aromatic N) is 3. The van der Waals surface area contributed by atoms with Crippen molar-refractivity contribution in [2.75, 3.05) is 5.75 Å². The fraction of sp³-hybridized carbons (Fsp3) is 0.333. The summed E-state index contributed by atoms with van der Waals surface area (Å²) >= 11 is 1.48. The van der Waals surface area contributed by atoms with Crippen LogP contribution in [0.1, 0.15) is 0 Å². The van der Waals surface area contributed by atoms with Crippen LogP contribution in [0.4, 0.5) is 0 Å². The lowest BCUT2D eigenvalue weighted by Crippen LogP contribution is -2.69. The number of nitrogens with two attached hydrogens (primary N) is 1. The van der Waals surface area contributed by atoms with E-state index in [1.165, 1.54) is 16.7 Å². The van der Waals surface area contributed by atoms with Gasteiger partial charge in [0.1, 0.15) is 11.4 Å². The third-order valence-electron chi connectivity index (χ3n) is 3.34. The SMILES string of the molecule is NC1C(=O)N2C(C(=O)[O-])=C(C[n+]3ccncc3)CS[C@H]12. The molecule has 0 bridgehead atoms. The van der Waals surface area contributed by atoms with E-state index >= 15 is 0 Å². The van der Waals surface area contributed by atoms with Gasteiger partial charge in [-0.3, -0.25) is 14.7 Å². The molecule has 2 atom stereocenters. The number of carboxylic acid groups (broad SMARTS) is 1. The molecular weight excluding hydrogens is 280 g/mol. The summed E-state index contributed by atoms with van der Waals surface area (Å²) in [6.45, 7) is 0.380. The molecule has 8 heteroatoms. The van der Waals surface area contributed by atoms with Crippen LogP contribution in [-0.4, -0.2) is 38.9 Å². The van der Waals surface area contributed by atoms with E-state index in [0.717, 1.165) is 0 Å². The number of amides is 1. The molecule has 1 aromatic rings. The number of rotatable bonds is 3. The molecule has 1 aromatic heterocycles. The maximum Gasteiger partial charge on any atom is 0.248 e. The number of hydrogen-bond acceptors (Lipinski definition) is 6. The second-order valence-corrected chi connectivity index (χ2v) is 5.70. The van der Waals surface area contributed by atoms with Gasteiger partial charge in [0, 0.05) is 11.3 Å². The summed E-state index contributed by atoms with van der Waals surface area (Å²) in [5, 5.41) is 11.1. The van der Waals surface area contributed by atoms with Gasteiger partial charge in [-0.25, -0.2) is 0 Å². The lowest BCUT2D eigenvalue weighted by Gasteiger charge is -2.49. The summed E-state index contributed by atoms with van der Waals surface area (Å²) in [5.74, 6) is -1.18. The highest BCUT2D eigenvalue weighted by Crippen LogP contribution is 2.39. The van der Waals surface area contributed by atoms with E-state index in [0.29, 0.717) is 17.9 Å². The molecule has 0 spiro atoms. The molecule has 1 unspecified atom stereocenters. The molecule has 2 N–H and O–H groups in total. The minimum Gasteiger partial charge on any atom is -0.543 e. The van der Waals surface area contributed by atoms with Crippen molar-refractivity contribution >= 4 is 23.6 Å². The van der Waals surface area contributed by atoms with Crippen molar-refractivity contribution in [2.24, 2.45) is 5.73 Å². The number of fused-ring (bicyclic) bond motifs is 1. The zero-order valence-electron chi connectivity index (χ0n) is 10.4. The first-order valence-corrected chi connectivity index (χ1v) is 7.07. The monoisotopic (exact) mass is 292 g/mol. The van der Waals surface area contributed by atoms with Gasteiger partial charge in [-0.15, -0.1) is 11.8 Å². The summed E-state index contributed by atoms with van der Waals surface area (Å²) in [5.41, 5.74) is 6.28. The third-order valence-corrected chi connectivity index (χ3v) is 4.70. The molecule has 0 aromatic carbocycles. The van der Waals surface area contributed by atoms with E-state index < -0.39 is 12.0 Å². The number of carbonyl (C=O) groups excluding carboxylic acids is 2. The van der Waals surface area contributed by atoms with Crippen LogP contribution in [0.25, 0.3) is 0 Å². The van der Waals surface area contributed by atoms with E-state index in [1.54, 1.807) is 29.4 Å². The van der Waals surface area contributed by atoms with E-state index in [-0.39, 0.29) is 17.0 Å². The first-order chi connectivity index (χ1) is 9.59. The van der Waals surface area contributed by atoms with Gasteiger partial charge in [-0.2, -0.15) is 4.57 Å². The highest BCUT2D eigenvalue weighted by Gasteiger charge is 2.50. The molecular formula is C12H12N4O3S. The number of thioether (sulfide) groups is 1. The van der Waals surface area contributed by atoms with Gasteiger partial charge in [-0.1, -0.05) is 0 Å². The highest BCUT2D eigenvalue weighted by molar-refractivity contribution is 8.00. The Hall–Kier alpha value is -1.93. The Morgan fingerprint density at radius 2 is 2.25 bits per heavy atom. The van der Waals surface area contributed by atoms with Crippen LogP contribution < -0.4 is 15.4 Å². The number of carbonyl (C=O) groups is 2. The molecule has 1 fully saturated rings. The van der Waals surface area contributed by atoms with Gasteiger partial charge < -0.3 is 15.6 Å². The van der Waals surface area contributed by atoms with Crippen molar-refractivity contribution in [3.05, 3.63) is 36.1 Å². The van der Waals surface area contributed by atoms with E-state index in [1.807, 2.05) is 0 Å². The van der Waals surface area contributed by atoms with Crippen LogP contribution in [0.5, 0.6) is 0 Å². The third kappa shape index (κ3) is 1.97. The maximum absolute atomic E-state index is 11.8. The van der Waals surface area contributed by atoms with Crippen molar-refractivity contribution < 1.29 is 19.3 Å². The van der Waals surface area contributed by atoms with E-state index in [9.17, 15) is 14.7 Å². The standard InChI is InChI=1S/C12H12N4O3S/c13-8-10(17)16-9(12(18)19)7(6-20-11(8)16)5-15-3-1-14-2-4-15/h1-4,8,11H,5-6,13H2/t8?,11-/m1/s1. The number of aliphatic carboxylic acids is 1. The van der Waals surface area contributed by atoms with Crippen molar-refractivity contribution in [2.45, 2.75) is 18.0 Å². The lowest BCUT2D eigenvalue weighted by atomic mass is 10.0. The Labute approximate surface area is 119 Å². The zero-order chi connectivity index (χ0) is 14.3. The fourth-order valence-corrected chi connectivity index (χ4v) is 3.65. The molecule has 3 rings (SSSR count). The number of aromatic nitrogens is 2. The van der Waals surface area contributed by atoms with Crippen molar-refractivity contribution in [3.8, 4) is 0 Å². The normalized spacial score (nSPS) is 25.2. The molecule has 7 nitrogen and oxygen atoms in total. The van der Waals surface area contributed by atoms with Crippen LogP contribution in [0.15, 0.2) is 36.1 Å². The number of hydrogen-bond donors (Lipinski definition) is 1. The van der Waals surface area contributed by atoms with Crippen molar-refractivity contribution in [3.63, 3.8) is 0 Å². The smallest absolute Gasteiger partial charge is 0.248 e. The number of β-lactam (4-membered cyclic amide) rings is 1. The second kappa shape index (κ2) is 4.88. The molecule has 3 heterocycles. The van der Waals surface area contributed by atoms with Gasteiger partial charge in [-0.05, 0) is 0 Å². The van der Waals surface area contributed by atoms with E-state index in [4.69, 9.17) is 5.73 Å². The highest BCUT2D eigenvalue weighted by atomic mass is 32.2. The van der Waals surface area contributed by atoms with Crippen molar-refractivity contribution in [1.82, 2.24) is 9.88 Å². The minimum absolute atomic E-state index is 0.0373.